The van der Waals surface area contributed by atoms with Crippen molar-refractivity contribution in [2.75, 3.05) is 57.3 Å². The molecule has 0 atom stereocenters. The summed E-state index contributed by atoms with van der Waals surface area (Å²) in [7, 11) is 0. The molecule has 0 radical (unpaired) electrons. The van der Waals surface area contributed by atoms with Crippen molar-refractivity contribution in [1.82, 2.24) is 24.9 Å². The molecular formula is C25H34N6O3. The zero-order chi connectivity index (χ0) is 23.5. The third-order valence-electron chi connectivity index (χ3n) is 7.38. The van der Waals surface area contributed by atoms with E-state index in [1.54, 1.807) is 11.8 Å². The zero-order valence-corrected chi connectivity index (χ0v) is 19.9. The van der Waals surface area contributed by atoms with Gasteiger partial charge in [-0.2, -0.15) is 5.10 Å². The fourth-order valence-corrected chi connectivity index (χ4v) is 5.35. The SMILES string of the molecule is CCOC(=O)N1CCN(C(=O)c2ccc(N3CCC(N4CCc5[nH]ncc5C4)CC3)cc2)CC1. The number of fused-ring (bicyclic) bond motifs is 1. The molecule has 2 amide bonds. The van der Waals surface area contributed by atoms with Crippen molar-refractivity contribution in [2.45, 2.75) is 38.8 Å². The molecular weight excluding hydrogens is 432 g/mol. The van der Waals surface area contributed by atoms with E-state index in [-0.39, 0.29) is 12.0 Å². The summed E-state index contributed by atoms with van der Waals surface area (Å²) in [6.45, 7) is 8.42. The van der Waals surface area contributed by atoms with Crippen LogP contribution in [0.5, 0.6) is 0 Å². The number of hydrogen-bond donors (Lipinski definition) is 1. The number of carbonyl (C=O) groups excluding carboxylic acids is 2. The standard InChI is InChI=1S/C25H34N6O3/c1-2-34-25(33)30-15-13-29(14-16-30)24(32)19-3-5-21(6-4-19)28-10-7-22(8-11-28)31-12-9-23-20(18-31)17-26-27-23/h3-6,17,22H,2,7-16,18H2,1H3,(H,26,27). The number of piperidine rings is 1. The lowest BCUT2D eigenvalue weighted by molar-refractivity contribution is 0.0570. The number of aromatic amines is 1. The molecule has 0 unspecified atom stereocenters. The molecule has 0 spiro atoms. The van der Waals surface area contributed by atoms with E-state index in [1.807, 2.05) is 23.2 Å². The van der Waals surface area contributed by atoms with Crippen LogP contribution >= 0.6 is 0 Å². The molecule has 34 heavy (non-hydrogen) atoms. The molecule has 0 aliphatic carbocycles. The lowest BCUT2D eigenvalue weighted by atomic mass is 9.98. The minimum absolute atomic E-state index is 0.0254. The van der Waals surface area contributed by atoms with Crippen molar-refractivity contribution in [3.63, 3.8) is 0 Å². The highest BCUT2D eigenvalue weighted by molar-refractivity contribution is 5.94. The number of benzene rings is 1. The van der Waals surface area contributed by atoms with Crippen LogP contribution in [-0.4, -0.2) is 95.4 Å². The number of ether oxygens (including phenoxy) is 1. The highest BCUT2D eigenvalue weighted by Gasteiger charge is 2.29. The maximum Gasteiger partial charge on any atom is 0.409 e. The van der Waals surface area contributed by atoms with Crippen LogP contribution < -0.4 is 4.90 Å². The number of amides is 2. The van der Waals surface area contributed by atoms with Crippen LogP contribution in [0.3, 0.4) is 0 Å². The second-order valence-corrected chi connectivity index (χ2v) is 9.34. The maximum absolute atomic E-state index is 12.9. The van der Waals surface area contributed by atoms with Crippen molar-refractivity contribution in [3.8, 4) is 0 Å². The van der Waals surface area contributed by atoms with E-state index in [4.69, 9.17) is 4.74 Å². The fraction of sp³-hybridized carbons (Fsp3) is 0.560. The summed E-state index contributed by atoms with van der Waals surface area (Å²) < 4.78 is 5.06. The van der Waals surface area contributed by atoms with Crippen molar-refractivity contribution < 1.29 is 14.3 Å². The summed E-state index contributed by atoms with van der Waals surface area (Å²) in [6.07, 6.45) is 5.04. The maximum atomic E-state index is 12.9. The summed E-state index contributed by atoms with van der Waals surface area (Å²) in [5.74, 6) is 0.0254. The number of H-pyrrole nitrogens is 1. The molecule has 5 rings (SSSR count). The van der Waals surface area contributed by atoms with Gasteiger partial charge in [0.25, 0.3) is 5.91 Å². The highest BCUT2D eigenvalue weighted by Crippen LogP contribution is 2.27. The fourth-order valence-electron chi connectivity index (χ4n) is 5.35. The Hall–Kier alpha value is -3.07. The normalized spacial score (nSPS) is 19.7. The van der Waals surface area contributed by atoms with Gasteiger partial charge >= 0.3 is 6.09 Å². The van der Waals surface area contributed by atoms with E-state index in [9.17, 15) is 9.59 Å². The van der Waals surface area contributed by atoms with Gasteiger partial charge in [-0.25, -0.2) is 4.79 Å². The highest BCUT2D eigenvalue weighted by atomic mass is 16.6. The quantitative estimate of drug-likeness (QED) is 0.745. The Kier molecular flexibility index (Phi) is 6.71. The molecule has 1 N–H and O–H groups in total. The molecule has 0 bridgehead atoms. The monoisotopic (exact) mass is 466 g/mol. The van der Waals surface area contributed by atoms with Gasteiger partial charge < -0.3 is 19.4 Å². The smallest absolute Gasteiger partial charge is 0.409 e. The Balaban J connectivity index is 1.11. The van der Waals surface area contributed by atoms with Crippen LogP contribution in [0.1, 0.15) is 41.4 Å². The van der Waals surface area contributed by atoms with Crippen LogP contribution in [0.15, 0.2) is 30.5 Å². The topological polar surface area (TPSA) is 85.0 Å². The molecule has 9 heteroatoms. The molecule has 182 valence electrons. The van der Waals surface area contributed by atoms with Crippen molar-refractivity contribution in [1.29, 1.82) is 0 Å². The molecule has 9 nitrogen and oxygen atoms in total. The molecule has 2 aromatic rings. The Labute approximate surface area is 200 Å². The Bertz CT molecular complexity index is 990. The van der Waals surface area contributed by atoms with Crippen LogP contribution in [-0.2, 0) is 17.7 Å². The minimum atomic E-state index is -0.297. The molecule has 0 saturated carbocycles. The van der Waals surface area contributed by atoms with E-state index in [0.717, 1.165) is 45.4 Å². The van der Waals surface area contributed by atoms with Gasteiger partial charge in [0.2, 0.25) is 0 Å². The lowest BCUT2D eigenvalue weighted by Gasteiger charge is -2.40. The number of aromatic nitrogens is 2. The van der Waals surface area contributed by atoms with Crippen LogP contribution in [0.4, 0.5) is 10.5 Å². The second kappa shape index (κ2) is 10.0. The Morgan fingerprint density at radius 2 is 1.71 bits per heavy atom. The third-order valence-corrected chi connectivity index (χ3v) is 7.38. The van der Waals surface area contributed by atoms with Crippen LogP contribution in [0, 0.1) is 0 Å². The van der Waals surface area contributed by atoms with E-state index in [2.05, 4.69) is 32.1 Å². The summed E-state index contributed by atoms with van der Waals surface area (Å²) in [5, 5.41) is 7.32. The molecule has 3 aliphatic heterocycles. The third kappa shape index (κ3) is 4.75. The molecule has 4 heterocycles. The summed E-state index contributed by atoms with van der Waals surface area (Å²) in [6, 6.07) is 8.63. The first-order valence-electron chi connectivity index (χ1n) is 12.4. The van der Waals surface area contributed by atoms with Gasteiger partial charge in [-0.1, -0.05) is 0 Å². The first-order valence-corrected chi connectivity index (χ1v) is 12.4. The predicted molar refractivity (Wildman–Crippen MR) is 129 cm³/mol. The number of rotatable bonds is 4. The van der Waals surface area contributed by atoms with E-state index in [1.165, 1.54) is 16.9 Å². The summed E-state index contributed by atoms with van der Waals surface area (Å²) in [5.41, 5.74) is 4.52. The Morgan fingerprint density at radius 3 is 2.41 bits per heavy atom. The average molecular weight is 467 g/mol. The van der Waals surface area contributed by atoms with Gasteiger partial charge in [-0.05, 0) is 44.0 Å². The predicted octanol–water partition coefficient (Wildman–Crippen LogP) is 2.35. The second-order valence-electron chi connectivity index (χ2n) is 9.34. The molecule has 1 aromatic heterocycles. The van der Waals surface area contributed by atoms with Crippen molar-refractivity contribution in [3.05, 3.63) is 47.3 Å². The molecule has 2 fully saturated rings. The number of nitrogens with zero attached hydrogens (tertiary/aromatic N) is 5. The number of nitrogens with one attached hydrogen (secondary N) is 1. The first-order chi connectivity index (χ1) is 16.6. The lowest BCUT2D eigenvalue weighted by Crippen LogP contribution is -2.50. The van der Waals surface area contributed by atoms with Crippen molar-refractivity contribution in [2.24, 2.45) is 0 Å². The number of anilines is 1. The summed E-state index contributed by atoms with van der Waals surface area (Å²) >= 11 is 0. The average Bonchev–Trinajstić information content (AvgIpc) is 3.37. The van der Waals surface area contributed by atoms with Gasteiger partial charge in [-0.3, -0.25) is 14.8 Å². The largest absolute Gasteiger partial charge is 0.450 e. The van der Waals surface area contributed by atoms with Crippen LogP contribution in [0.2, 0.25) is 0 Å². The Morgan fingerprint density at radius 1 is 1.00 bits per heavy atom. The van der Waals surface area contributed by atoms with Gasteiger partial charge in [0.15, 0.2) is 0 Å². The first kappa shape index (κ1) is 22.7. The molecule has 2 saturated heterocycles. The van der Waals surface area contributed by atoms with Gasteiger partial charge in [0.05, 0.1) is 12.8 Å². The number of carbonyl (C=O) groups is 2. The van der Waals surface area contributed by atoms with Gasteiger partial charge in [-0.15, -0.1) is 0 Å². The van der Waals surface area contributed by atoms with E-state index >= 15 is 0 Å². The van der Waals surface area contributed by atoms with E-state index < -0.39 is 0 Å². The minimum Gasteiger partial charge on any atom is -0.450 e. The van der Waals surface area contributed by atoms with Crippen LogP contribution in [0.25, 0.3) is 0 Å². The summed E-state index contributed by atoms with van der Waals surface area (Å²) in [4.78, 5) is 33.3. The number of piperazine rings is 1. The molecule has 3 aliphatic rings. The zero-order valence-electron chi connectivity index (χ0n) is 19.9. The molecule has 1 aromatic carbocycles. The van der Waals surface area contributed by atoms with Crippen molar-refractivity contribution >= 4 is 17.7 Å². The van der Waals surface area contributed by atoms with Gasteiger partial charge in [0.1, 0.15) is 0 Å². The number of hydrogen-bond acceptors (Lipinski definition) is 6. The van der Waals surface area contributed by atoms with Gasteiger partial charge in [0, 0.05) is 87.3 Å². The van der Waals surface area contributed by atoms with E-state index in [0.29, 0.717) is 44.4 Å².